The molecule has 182 valence electrons. The number of carbonyl (C=O) groups excluding carboxylic acids is 1. The van der Waals surface area contributed by atoms with Gasteiger partial charge in [0, 0.05) is 42.9 Å². The predicted molar refractivity (Wildman–Crippen MR) is 144 cm³/mol. The molecule has 1 aliphatic heterocycles. The molecule has 2 N–H and O–H groups in total. The van der Waals surface area contributed by atoms with E-state index in [9.17, 15) is 4.79 Å². The van der Waals surface area contributed by atoms with E-state index in [2.05, 4.69) is 42.3 Å². The minimum atomic E-state index is -0.143. The van der Waals surface area contributed by atoms with Gasteiger partial charge in [0.1, 0.15) is 0 Å². The molecule has 1 amide bonds. The highest BCUT2D eigenvalue weighted by Crippen LogP contribution is 2.39. The molecule has 1 fully saturated rings. The van der Waals surface area contributed by atoms with Gasteiger partial charge in [-0.3, -0.25) is 14.8 Å². The molecule has 5 rings (SSSR count). The molecular formula is C28H28N6OS. The molecule has 0 saturated carbocycles. The first-order chi connectivity index (χ1) is 17.6. The van der Waals surface area contributed by atoms with Crippen LogP contribution < -0.4 is 10.6 Å². The summed E-state index contributed by atoms with van der Waals surface area (Å²) in [5.41, 5.74) is 4.87. The van der Waals surface area contributed by atoms with Crippen LogP contribution in [0.3, 0.4) is 0 Å². The van der Waals surface area contributed by atoms with Crippen molar-refractivity contribution < 1.29 is 4.79 Å². The van der Waals surface area contributed by atoms with Crippen LogP contribution in [0.1, 0.15) is 41.1 Å². The Hall–Kier alpha value is -4.04. The fraction of sp³-hybridized carbons (Fsp3) is 0.214. The van der Waals surface area contributed by atoms with Crippen molar-refractivity contribution in [3.05, 3.63) is 114 Å². The average Bonchev–Trinajstić information content (AvgIpc) is 3.47. The third-order valence-corrected chi connectivity index (χ3v) is 6.66. The third-order valence-electron chi connectivity index (χ3n) is 6.31. The van der Waals surface area contributed by atoms with Gasteiger partial charge in [0.15, 0.2) is 5.11 Å². The van der Waals surface area contributed by atoms with Gasteiger partial charge in [-0.2, -0.15) is 0 Å². The molecule has 7 nitrogen and oxygen atoms in total. The molecule has 1 aliphatic rings. The van der Waals surface area contributed by atoms with Crippen molar-refractivity contribution in [2.45, 2.75) is 32.0 Å². The average molecular weight is 497 g/mol. The van der Waals surface area contributed by atoms with Crippen LogP contribution in [0.4, 0.5) is 5.69 Å². The van der Waals surface area contributed by atoms with Crippen molar-refractivity contribution in [2.24, 2.45) is 0 Å². The minimum absolute atomic E-state index is 0.0488. The van der Waals surface area contributed by atoms with Crippen molar-refractivity contribution >= 4 is 28.9 Å². The number of thiocarbonyl (C=S) groups is 1. The lowest BCUT2D eigenvalue weighted by Gasteiger charge is -2.28. The summed E-state index contributed by atoms with van der Waals surface area (Å²) in [5, 5.41) is 7.08. The number of carbonyl (C=O) groups is 1. The maximum absolute atomic E-state index is 12.8. The number of hydrogen-bond acceptors (Lipinski definition) is 4. The summed E-state index contributed by atoms with van der Waals surface area (Å²) in [5.74, 6) is -0.0488. The fourth-order valence-electron chi connectivity index (χ4n) is 4.64. The number of aromatic nitrogens is 3. The van der Waals surface area contributed by atoms with Crippen LogP contribution >= 0.6 is 12.2 Å². The molecule has 8 heteroatoms. The Morgan fingerprint density at radius 2 is 1.86 bits per heavy atom. The molecule has 0 unspecified atom stereocenters. The van der Waals surface area contributed by atoms with E-state index in [1.165, 1.54) is 0 Å². The van der Waals surface area contributed by atoms with Gasteiger partial charge in [0.25, 0.3) is 0 Å². The Kier molecular flexibility index (Phi) is 7.04. The van der Waals surface area contributed by atoms with Gasteiger partial charge in [0.05, 0.1) is 30.0 Å². The van der Waals surface area contributed by atoms with Crippen molar-refractivity contribution in [2.75, 3.05) is 11.9 Å². The Balaban J connectivity index is 1.40. The van der Waals surface area contributed by atoms with E-state index >= 15 is 0 Å². The zero-order valence-electron chi connectivity index (χ0n) is 20.0. The number of benzene rings is 1. The lowest BCUT2D eigenvalue weighted by atomic mass is 10.0. The molecule has 1 aromatic carbocycles. The second-order valence-corrected chi connectivity index (χ2v) is 9.26. The molecule has 2 atom stereocenters. The highest BCUT2D eigenvalue weighted by Gasteiger charge is 2.41. The predicted octanol–water partition coefficient (Wildman–Crippen LogP) is 4.64. The van der Waals surface area contributed by atoms with Crippen molar-refractivity contribution in [3.63, 3.8) is 0 Å². The summed E-state index contributed by atoms with van der Waals surface area (Å²) < 4.78 is 2.19. The Bertz CT molecular complexity index is 1340. The van der Waals surface area contributed by atoms with Crippen molar-refractivity contribution in [3.8, 4) is 0 Å². The first kappa shape index (κ1) is 23.7. The maximum atomic E-state index is 12.8. The molecule has 4 aromatic rings. The molecule has 0 radical (unpaired) electrons. The van der Waals surface area contributed by atoms with Gasteiger partial charge in [-0.25, -0.2) is 0 Å². The number of pyridine rings is 2. The fourth-order valence-corrected chi connectivity index (χ4v) is 4.97. The Morgan fingerprint density at radius 1 is 1.03 bits per heavy atom. The van der Waals surface area contributed by atoms with Gasteiger partial charge in [-0.05, 0) is 73.2 Å². The number of anilines is 1. The summed E-state index contributed by atoms with van der Waals surface area (Å²) in [6.07, 6.45) is 5.97. The second-order valence-electron chi connectivity index (χ2n) is 8.87. The standard InChI is InChI=1S/C28H28N6OS/c1-20-8-6-10-21(18-20)31-25(35)13-17-34-27(26(32-28(34)36)23-11-3-5-15-30-23)24-12-7-16-33(24)19-22-9-2-4-14-29-22/h2-12,14-16,18,26-27H,13,17,19H2,1H3,(H,31,35)(H,32,36)/t26-,27+/m0/s1. The number of nitrogens with zero attached hydrogens (tertiary/aromatic N) is 4. The largest absolute Gasteiger partial charge is 0.352 e. The molecule has 0 bridgehead atoms. The van der Waals surface area contributed by atoms with Crippen LogP contribution in [0, 0.1) is 6.92 Å². The second kappa shape index (κ2) is 10.7. The molecule has 4 heterocycles. The van der Waals surface area contributed by atoms with Crippen molar-refractivity contribution in [1.82, 2.24) is 24.8 Å². The Labute approximate surface area is 216 Å². The van der Waals surface area contributed by atoms with E-state index in [4.69, 9.17) is 12.2 Å². The number of rotatable bonds is 8. The first-order valence-electron chi connectivity index (χ1n) is 12.0. The summed E-state index contributed by atoms with van der Waals surface area (Å²) >= 11 is 5.77. The van der Waals surface area contributed by atoms with E-state index < -0.39 is 0 Å². The minimum Gasteiger partial charge on any atom is -0.352 e. The summed E-state index contributed by atoms with van der Waals surface area (Å²) in [4.78, 5) is 24.0. The highest BCUT2D eigenvalue weighted by molar-refractivity contribution is 7.80. The van der Waals surface area contributed by atoms with E-state index in [0.717, 1.165) is 28.3 Å². The smallest absolute Gasteiger partial charge is 0.226 e. The highest BCUT2D eigenvalue weighted by atomic mass is 32.1. The maximum Gasteiger partial charge on any atom is 0.226 e. The molecule has 1 saturated heterocycles. The van der Waals surface area contributed by atoms with Crippen LogP contribution in [0.5, 0.6) is 0 Å². The quantitative estimate of drug-likeness (QED) is 0.346. The normalized spacial score (nSPS) is 17.1. The van der Waals surface area contributed by atoms with Gasteiger partial charge in [-0.15, -0.1) is 0 Å². The van der Waals surface area contributed by atoms with Gasteiger partial charge in [0.2, 0.25) is 5.91 Å². The lowest BCUT2D eigenvalue weighted by molar-refractivity contribution is -0.116. The zero-order chi connectivity index (χ0) is 24.9. The van der Waals surface area contributed by atoms with Crippen molar-refractivity contribution in [1.29, 1.82) is 0 Å². The molecule has 0 spiro atoms. The summed E-state index contributed by atoms with van der Waals surface area (Å²) in [6.45, 7) is 3.13. The van der Waals surface area contributed by atoms with E-state index in [1.54, 1.807) is 12.4 Å². The van der Waals surface area contributed by atoms with Crippen LogP contribution in [0.15, 0.2) is 91.4 Å². The van der Waals surface area contributed by atoms with Gasteiger partial charge >= 0.3 is 0 Å². The Morgan fingerprint density at radius 3 is 2.61 bits per heavy atom. The zero-order valence-corrected chi connectivity index (χ0v) is 20.9. The number of nitrogens with one attached hydrogen (secondary N) is 2. The topological polar surface area (TPSA) is 75.1 Å². The molecule has 0 aliphatic carbocycles. The lowest BCUT2D eigenvalue weighted by Crippen LogP contribution is -2.33. The number of amides is 1. The SMILES string of the molecule is Cc1cccc(NC(=O)CCN2C(=S)N[C@@H](c3ccccn3)[C@H]2c2cccn2Cc2ccccn2)c1. The molecular weight excluding hydrogens is 468 g/mol. The van der Waals surface area contributed by atoms with Crippen LogP contribution in [0.2, 0.25) is 0 Å². The van der Waals surface area contributed by atoms with Crippen LogP contribution in [0.25, 0.3) is 0 Å². The number of hydrogen-bond donors (Lipinski definition) is 2. The molecule has 36 heavy (non-hydrogen) atoms. The van der Waals surface area contributed by atoms with Crippen LogP contribution in [-0.2, 0) is 11.3 Å². The third kappa shape index (κ3) is 5.28. The number of aryl methyl sites for hydroxylation is 1. The molecule has 3 aromatic heterocycles. The van der Waals surface area contributed by atoms with E-state index in [0.29, 0.717) is 24.6 Å². The first-order valence-corrected chi connectivity index (χ1v) is 12.4. The van der Waals surface area contributed by atoms with Crippen LogP contribution in [-0.4, -0.2) is 37.0 Å². The van der Waals surface area contributed by atoms with Gasteiger partial charge in [-0.1, -0.05) is 24.3 Å². The summed E-state index contributed by atoms with van der Waals surface area (Å²) in [6, 6.07) is 23.5. The van der Waals surface area contributed by atoms with Gasteiger partial charge < -0.3 is 20.1 Å². The van der Waals surface area contributed by atoms with E-state index in [1.807, 2.05) is 73.7 Å². The summed E-state index contributed by atoms with van der Waals surface area (Å²) in [7, 11) is 0. The monoisotopic (exact) mass is 496 g/mol. The van der Waals surface area contributed by atoms with E-state index in [-0.39, 0.29) is 18.0 Å².